The van der Waals surface area contributed by atoms with Crippen molar-refractivity contribution in [2.75, 3.05) is 0 Å². The first-order chi connectivity index (χ1) is 8.25. The lowest BCUT2D eigenvalue weighted by Gasteiger charge is -2.05. The fourth-order valence-corrected chi connectivity index (χ4v) is 2.65. The molecule has 0 aliphatic rings. The van der Waals surface area contributed by atoms with Gasteiger partial charge in [0.1, 0.15) is 0 Å². The Kier molecular flexibility index (Phi) is 2.48. The molecule has 17 heavy (non-hydrogen) atoms. The molecule has 0 unspecified atom stereocenters. The molecule has 0 aliphatic heterocycles. The Morgan fingerprint density at radius 3 is 2.53 bits per heavy atom. The van der Waals surface area contributed by atoms with Crippen LogP contribution in [0.3, 0.4) is 0 Å². The molecule has 0 saturated heterocycles. The van der Waals surface area contributed by atoms with E-state index in [0.29, 0.717) is 0 Å². The van der Waals surface area contributed by atoms with Crippen LogP contribution in [0.25, 0.3) is 22.0 Å². The molecule has 3 heteroatoms. The third kappa shape index (κ3) is 1.76. The van der Waals surface area contributed by atoms with Gasteiger partial charge in [0.15, 0.2) is 0 Å². The molecule has 84 valence electrons. The lowest BCUT2D eigenvalue weighted by atomic mass is 10.1. The van der Waals surface area contributed by atoms with E-state index >= 15 is 0 Å². The van der Waals surface area contributed by atoms with Gasteiger partial charge in [0, 0.05) is 12.6 Å². The van der Waals surface area contributed by atoms with E-state index in [9.17, 15) is 0 Å². The molecule has 0 saturated carbocycles. The smallest absolute Gasteiger partial charge is 0.0821 e. The molecule has 0 atom stereocenters. The lowest BCUT2D eigenvalue weighted by Crippen LogP contribution is -1.93. The number of aromatic nitrogens is 2. The number of fused-ring (bicyclic) bond motifs is 1. The minimum atomic E-state index is 1.02. The molecule has 0 aliphatic carbocycles. The van der Waals surface area contributed by atoms with Crippen molar-refractivity contribution >= 4 is 26.7 Å². The van der Waals surface area contributed by atoms with E-state index in [4.69, 9.17) is 0 Å². The molecule has 0 fully saturated rings. The highest BCUT2D eigenvalue weighted by molar-refractivity contribution is 9.10. The van der Waals surface area contributed by atoms with Gasteiger partial charge in [-0.3, -0.25) is 4.68 Å². The second kappa shape index (κ2) is 4.00. The molecule has 0 N–H and O–H groups in total. The highest BCUT2D eigenvalue weighted by Gasteiger charge is 2.08. The van der Waals surface area contributed by atoms with Crippen LogP contribution < -0.4 is 0 Å². The predicted molar refractivity (Wildman–Crippen MR) is 73.9 cm³/mol. The normalized spacial score (nSPS) is 10.9. The monoisotopic (exact) mass is 286 g/mol. The fourth-order valence-electron chi connectivity index (χ4n) is 2.07. The molecule has 3 rings (SSSR count). The summed E-state index contributed by atoms with van der Waals surface area (Å²) in [6, 6.07) is 14.8. The predicted octanol–water partition coefficient (Wildman–Crippen LogP) is 4.00. The topological polar surface area (TPSA) is 17.8 Å². The van der Waals surface area contributed by atoms with Crippen molar-refractivity contribution in [2.45, 2.75) is 0 Å². The Labute approximate surface area is 108 Å². The summed E-state index contributed by atoms with van der Waals surface area (Å²) < 4.78 is 2.91. The van der Waals surface area contributed by atoms with E-state index in [0.717, 1.165) is 10.2 Å². The van der Waals surface area contributed by atoms with Crippen LogP contribution in [0.5, 0.6) is 0 Å². The number of hydrogen-bond acceptors (Lipinski definition) is 1. The van der Waals surface area contributed by atoms with Crippen LogP contribution in [0.2, 0.25) is 0 Å². The molecule has 2 nitrogen and oxygen atoms in total. The van der Waals surface area contributed by atoms with Gasteiger partial charge in [-0.05, 0) is 32.8 Å². The Morgan fingerprint density at radius 2 is 1.82 bits per heavy atom. The molecule has 2 aromatic carbocycles. The zero-order valence-electron chi connectivity index (χ0n) is 9.39. The fraction of sp³-hybridized carbons (Fsp3) is 0.0714. The molecular formula is C14H11BrN2. The van der Waals surface area contributed by atoms with Gasteiger partial charge in [0.25, 0.3) is 0 Å². The Hall–Kier alpha value is -1.61. The minimum Gasteiger partial charge on any atom is -0.267 e. The molecule has 3 aromatic rings. The Balaban J connectivity index is 2.25. The maximum atomic E-state index is 4.24. The van der Waals surface area contributed by atoms with E-state index in [1.807, 2.05) is 17.9 Å². The van der Waals surface area contributed by atoms with E-state index in [1.165, 1.54) is 16.3 Å². The van der Waals surface area contributed by atoms with Crippen LogP contribution in [0.1, 0.15) is 0 Å². The standard InChI is InChI=1S/C14H11BrN2/c1-17-14(13(15)9-16-17)12-7-6-10-4-2-3-5-11(10)8-12/h2-9H,1H3. The van der Waals surface area contributed by atoms with Crippen molar-refractivity contribution in [1.29, 1.82) is 0 Å². The maximum Gasteiger partial charge on any atom is 0.0821 e. The van der Waals surface area contributed by atoms with E-state index in [-0.39, 0.29) is 0 Å². The summed E-state index contributed by atoms with van der Waals surface area (Å²) >= 11 is 3.53. The summed E-state index contributed by atoms with van der Waals surface area (Å²) in [6.45, 7) is 0. The molecule has 1 aromatic heterocycles. The quantitative estimate of drug-likeness (QED) is 0.661. The van der Waals surface area contributed by atoms with Crippen molar-refractivity contribution in [2.24, 2.45) is 7.05 Å². The van der Waals surface area contributed by atoms with Crippen LogP contribution >= 0.6 is 15.9 Å². The molecule has 0 amide bonds. The number of halogens is 1. The third-order valence-corrected chi connectivity index (χ3v) is 3.50. The van der Waals surface area contributed by atoms with Gasteiger partial charge in [0.2, 0.25) is 0 Å². The van der Waals surface area contributed by atoms with Crippen LogP contribution in [-0.4, -0.2) is 9.78 Å². The van der Waals surface area contributed by atoms with Crippen molar-refractivity contribution < 1.29 is 0 Å². The van der Waals surface area contributed by atoms with Crippen LogP contribution in [0, 0.1) is 0 Å². The van der Waals surface area contributed by atoms with Crippen molar-refractivity contribution in [1.82, 2.24) is 9.78 Å². The minimum absolute atomic E-state index is 1.02. The van der Waals surface area contributed by atoms with Crippen LogP contribution in [0.4, 0.5) is 0 Å². The SMILES string of the molecule is Cn1ncc(Br)c1-c1ccc2ccccc2c1. The Bertz CT molecular complexity index is 666. The molecule has 0 bridgehead atoms. The second-order valence-electron chi connectivity index (χ2n) is 4.03. The molecule has 1 heterocycles. The number of hydrogen-bond donors (Lipinski definition) is 0. The average molecular weight is 287 g/mol. The third-order valence-electron chi connectivity index (χ3n) is 2.92. The summed E-state index contributed by atoms with van der Waals surface area (Å²) in [4.78, 5) is 0. The molecule has 0 spiro atoms. The zero-order chi connectivity index (χ0) is 11.8. The van der Waals surface area contributed by atoms with Gasteiger partial charge in [-0.15, -0.1) is 0 Å². The summed E-state index contributed by atoms with van der Waals surface area (Å²) in [5, 5.41) is 6.75. The summed E-state index contributed by atoms with van der Waals surface area (Å²) in [6.07, 6.45) is 1.82. The van der Waals surface area contributed by atoms with Gasteiger partial charge in [0.05, 0.1) is 16.4 Å². The lowest BCUT2D eigenvalue weighted by molar-refractivity contribution is 0.776. The highest BCUT2D eigenvalue weighted by Crippen LogP contribution is 2.29. The summed E-state index contributed by atoms with van der Waals surface area (Å²) in [5.41, 5.74) is 2.28. The first kappa shape index (κ1) is 10.5. The van der Waals surface area contributed by atoms with E-state index in [1.54, 1.807) is 0 Å². The van der Waals surface area contributed by atoms with E-state index in [2.05, 4.69) is 63.5 Å². The van der Waals surface area contributed by atoms with Crippen LogP contribution in [0.15, 0.2) is 53.1 Å². The molecule has 0 radical (unpaired) electrons. The van der Waals surface area contributed by atoms with Crippen molar-refractivity contribution in [3.05, 3.63) is 53.1 Å². The van der Waals surface area contributed by atoms with Gasteiger partial charge in [-0.1, -0.05) is 36.4 Å². The first-order valence-corrected chi connectivity index (χ1v) is 6.22. The van der Waals surface area contributed by atoms with Gasteiger partial charge < -0.3 is 0 Å². The molecular weight excluding hydrogens is 276 g/mol. The zero-order valence-corrected chi connectivity index (χ0v) is 11.0. The van der Waals surface area contributed by atoms with Crippen LogP contribution in [-0.2, 0) is 7.05 Å². The van der Waals surface area contributed by atoms with Gasteiger partial charge in [-0.2, -0.15) is 5.10 Å². The number of nitrogens with zero attached hydrogens (tertiary/aromatic N) is 2. The number of rotatable bonds is 1. The van der Waals surface area contributed by atoms with Crippen molar-refractivity contribution in [3.8, 4) is 11.3 Å². The first-order valence-electron chi connectivity index (χ1n) is 5.42. The second-order valence-corrected chi connectivity index (χ2v) is 4.88. The summed E-state index contributed by atoms with van der Waals surface area (Å²) in [5.74, 6) is 0. The maximum absolute atomic E-state index is 4.24. The van der Waals surface area contributed by atoms with Gasteiger partial charge in [-0.25, -0.2) is 0 Å². The van der Waals surface area contributed by atoms with Crippen molar-refractivity contribution in [3.63, 3.8) is 0 Å². The summed E-state index contributed by atoms with van der Waals surface area (Å²) in [7, 11) is 1.95. The largest absolute Gasteiger partial charge is 0.267 e. The Morgan fingerprint density at radius 1 is 1.06 bits per heavy atom. The number of aryl methyl sites for hydroxylation is 1. The highest BCUT2D eigenvalue weighted by atomic mass is 79.9. The van der Waals surface area contributed by atoms with Gasteiger partial charge >= 0.3 is 0 Å². The number of benzene rings is 2. The van der Waals surface area contributed by atoms with E-state index < -0.39 is 0 Å². The average Bonchev–Trinajstić information content (AvgIpc) is 2.68.